The Morgan fingerprint density at radius 2 is 1.33 bits per heavy atom. The second kappa shape index (κ2) is 16.9. The van der Waals surface area contributed by atoms with E-state index in [0.717, 1.165) is 16.7 Å². The minimum atomic E-state index is -0.860. The van der Waals surface area contributed by atoms with Gasteiger partial charge in [0.05, 0.1) is 51.2 Å². The van der Waals surface area contributed by atoms with Gasteiger partial charge < -0.3 is 38.2 Å². The number of nitrogens with zero attached hydrogens (tertiary/aromatic N) is 2. The van der Waals surface area contributed by atoms with Crippen LogP contribution in [0.15, 0.2) is 91.0 Å². The molecule has 280 valence electrons. The summed E-state index contributed by atoms with van der Waals surface area (Å²) in [6.45, 7) is 12.5. The maximum Gasteiger partial charge on any atom is 0.410 e. The van der Waals surface area contributed by atoms with E-state index in [0.29, 0.717) is 52.7 Å². The smallest absolute Gasteiger partial charge is 0.410 e. The molecule has 6 rings (SSSR count). The largest absolute Gasteiger partial charge is 0.444 e. The molecule has 6 atom stereocenters. The number of hydrogen-bond donors (Lipinski definition) is 0. The van der Waals surface area contributed by atoms with Crippen molar-refractivity contribution >= 4 is 12.0 Å². The van der Waals surface area contributed by atoms with Crippen LogP contribution in [0.4, 0.5) is 4.79 Å². The first kappa shape index (κ1) is 37.9. The minimum Gasteiger partial charge on any atom is -0.444 e. The highest BCUT2D eigenvalue weighted by Gasteiger charge is 2.51. The van der Waals surface area contributed by atoms with Crippen LogP contribution in [-0.2, 0) is 53.0 Å². The van der Waals surface area contributed by atoms with E-state index in [1.165, 1.54) is 0 Å². The molecule has 52 heavy (non-hydrogen) atoms. The lowest BCUT2D eigenvalue weighted by Gasteiger charge is -2.51. The molecule has 0 unspecified atom stereocenters. The Bertz CT molecular complexity index is 1580. The van der Waals surface area contributed by atoms with Gasteiger partial charge in [-0.1, -0.05) is 91.0 Å². The van der Waals surface area contributed by atoms with Gasteiger partial charge in [-0.25, -0.2) is 4.79 Å². The lowest BCUT2D eigenvalue weighted by molar-refractivity contribution is -0.308. The fraction of sp³-hybridized carbons (Fsp3) is 0.524. The van der Waals surface area contributed by atoms with E-state index in [9.17, 15) is 9.59 Å². The Labute approximate surface area is 308 Å². The van der Waals surface area contributed by atoms with Crippen LogP contribution in [0, 0.1) is 17.8 Å². The van der Waals surface area contributed by atoms with Gasteiger partial charge >= 0.3 is 6.09 Å². The number of likely N-dealkylation sites (tertiary alicyclic amines) is 2. The molecule has 3 heterocycles. The molecule has 3 aliphatic rings. The van der Waals surface area contributed by atoms with E-state index in [4.69, 9.17) is 28.4 Å². The first-order valence-electron chi connectivity index (χ1n) is 18.5. The zero-order valence-corrected chi connectivity index (χ0v) is 31.1. The summed E-state index contributed by atoms with van der Waals surface area (Å²) in [5.41, 5.74) is 2.49. The number of piperidine rings is 2. The molecule has 3 fully saturated rings. The number of fused-ring (bicyclic) bond motifs is 1. The van der Waals surface area contributed by atoms with Gasteiger partial charge in [-0.15, -0.1) is 0 Å². The number of ether oxygens (including phenoxy) is 6. The first-order chi connectivity index (χ1) is 24.9. The highest BCUT2D eigenvalue weighted by Crippen LogP contribution is 2.37. The molecule has 10 nitrogen and oxygen atoms in total. The minimum absolute atomic E-state index is 0.0937. The van der Waals surface area contributed by atoms with Crippen molar-refractivity contribution in [2.45, 2.75) is 84.1 Å². The van der Waals surface area contributed by atoms with Gasteiger partial charge in [-0.3, -0.25) is 4.79 Å². The van der Waals surface area contributed by atoms with Gasteiger partial charge in [0.15, 0.2) is 5.79 Å². The molecule has 0 N–H and O–H groups in total. The molecule has 0 aromatic heterocycles. The average molecular weight is 715 g/mol. The molecular formula is C42H54N2O8. The van der Waals surface area contributed by atoms with Crippen molar-refractivity contribution in [1.82, 2.24) is 9.80 Å². The molecule has 3 aromatic rings. The average Bonchev–Trinajstić information content (AvgIpc) is 3.13. The summed E-state index contributed by atoms with van der Waals surface area (Å²) in [6, 6.07) is 30.2. The Balaban J connectivity index is 1.27. The molecule has 0 aliphatic carbocycles. The first-order valence-corrected chi connectivity index (χ1v) is 18.5. The Hall–Kier alpha value is -3.80. The number of amides is 2. The molecule has 3 saturated heterocycles. The van der Waals surface area contributed by atoms with Crippen LogP contribution in [0.1, 0.15) is 51.3 Å². The molecule has 10 heteroatoms. The fourth-order valence-corrected chi connectivity index (χ4v) is 7.31. The third-order valence-electron chi connectivity index (χ3n) is 9.80. The van der Waals surface area contributed by atoms with E-state index in [2.05, 4.69) is 0 Å². The third kappa shape index (κ3) is 10.2. The maximum atomic E-state index is 14.9. The summed E-state index contributed by atoms with van der Waals surface area (Å²) in [4.78, 5) is 31.8. The van der Waals surface area contributed by atoms with E-state index in [1.807, 2.05) is 131 Å². The van der Waals surface area contributed by atoms with Crippen LogP contribution in [-0.4, -0.2) is 90.9 Å². The Morgan fingerprint density at radius 1 is 0.750 bits per heavy atom. The van der Waals surface area contributed by atoms with Crippen LogP contribution in [0.3, 0.4) is 0 Å². The van der Waals surface area contributed by atoms with Crippen molar-refractivity contribution in [2.24, 2.45) is 17.8 Å². The van der Waals surface area contributed by atoms with Gasteiger partial charge in [0.2, 0.25) is 5.91 Å². The fourth-order valence-electron chi connectivity index (χ4n) is 7.31. The van der Waals surface area contributed by atoms with Crippen molar-refractivity contribution in [3.05, 3.63) is 108 Å². The van der Waals surface area contributed by atoms with Crippen LogP contribution >= 0.6 is 0 Å². The van der Waals surface area contributed by atoms with Crippen LogP contribution < -0.4 is 0 Å². The molecule has 3 aromatic carbocycles. The van der Waals surface area contributed by atoms with Crippen molar-refractivity contribution in [3.8, 4) is 0 Å². The van der Waals surface area contributed by atoms with Crippen molar-refractivity contribution < 1.29 is 38.0 Å². The van der Waals surface area contributed by atoms with Crippen LogP contribution in [0.25, 0.3) is 0 Å². The summed E-state index contributed by atoms with van der Waals surface area (Å²) in [6.07, 6.45) is -1.67. The van der Waals surface area contributed by atoms with Gasteiger partial charge in [0.1, 0.15) is 11.7 Å². The van der Waals surface area contributed by atoms with Crippen LogP contribution in [0.2, 0.25) is 0 Å². The standard InChI is InChI=1S/C42H54N2O8/c1-41(2,3)52-40(46)44-22-34-29-50-42(4,5)51-37(34)35(23-44)39(45)43-21-33(28-47-25-30-15-9-6-10-16-30)38(49-27-32-19-13-8-14-20-32)36(24-43)48-26-31-17-11-7-12-18-31/h6-20,33-38H,21-29H2,1-5H3/t33-,34-,35-,36-,37+,38+/m1/s1. The quantitative estimate of drug-likeness (QED) is 0.223. The predicted octanol–water partition coefficient (Wildman–Crippen LogP) is 6.47. The van der Waals surface area contributed by atoms with Gasteiger partial charge in [-0.05, 0) is 51.3 Å². The number of rotatable bonds is 11. The molecule has 2 amide bonds. The van der Waals surface area contributed by atoms with Crippen LogP contribution in [0.5, 0.6) is 0 Å². The zero-order valence-electron chi connectivity index (χ0n) is 31.1. The molecule has 0 radical (unpaired) electrons. The highest BCUT2D eigenvalue weighted by molar-refractivity contribution is 5.81. The summed E-state index contributed by atoms with van der Waals surface area (Å²) in [7, 11) is 0. The van der Waals surface area contributed by atoms with Gasteiger partial charge in [0, 0.05) is 38.0 Å². The summed E-state index contributed by atoms with van der Waals surface area (Å²) >= 11 is 0. The molecule has 3 aliphatic heterocycles. The van der Waals surface area contributed by atoms with Gasteiger partial charge in [0.25, 0.3) is 0 Å². The number of benzene rings is 3. The predicted molar refractivity (Wildman–Crippen MR) is 196 cm³/mol. The number of carbonyl (C=O) groups is 2. The van der Waals surface area contributed by atoms with E-state index < -0.39 is 35.6 Å². The topological polar surface area (TPSA) is 96.0 Å². The van der Waals surface area contributed by atoms with Gasteiger partial charge in [-0.2, -0.15) is 0 Å². The normalized spacial score (nSPS) is 26.0. The second-order valence-corrected chi connectivity index (χ2v) is 15.6. The monoisotopic (exact) mass is 714 g/mol. The summed E-state index contributed by atoms with van der Waals surface area (Å²) in [5.74, 6) is -1.97. The third-order valence-corrected chi connectivity index (χ3v) is 9.80. The van der Waals surface area contributed by atoms with Crippen molar-refractivity contribution in [3.63, 3.8) is 0 Å². The molecule has 0 bridgehead atoms. The Morgan fingerprint density at radius 3 is 1.92 bits per heavy atom. The molecular weight excluding hydrogens is 660 g/mol. The molecule has 0 spiro atoms. The van der Waals surface area contributed by atoms with Crippen molar-refractivity contribution in [2.75, 3.05) is 39.4 Å². The van der Waals surface area contributed by atoms with E-state index >= 15 is 0 Å². The maximum absolute atomic E-state index is 14.9. The Kier molecular flexibility index (Phi) is 12.3. The number of hydrogen-bond acceptors (Lipinski definition) is 8. The zero-order chi connectivity index (χ0) is 36.7. The highest BCUT2D eigenvalue weighted by atomic mass is 16.7. The van der Waals surface area contributed by atoms with E-state index in [-0.39, 0.29) is 30.4 Å². The SMILES string of the molecule is CC(C)(C)OC(=O)N1C[C@@H]2COC(C)(C)O[C@@H]2[C@H](C(=O)N2C[C@H](COCc3ccccc3)[C@H](OCc3ccccc3)[C@H](OCc3ccccc3)C2)C1. The lowest BCUT2D eigenvalue weighted by atomic mass is 9.83. The van der Waals surface area contributed by atoms with Crippen molar-refractivity contribution in [1.29, 1.82) is 0 Å². The lowest BCUT2D eigenvalue weighted by Crippen LogP contribution is -2.64. The summed E-state index contributed by atoms with van der Waals surface area (Å²) < 4.78 is 38.0. The number of carbonyl (C=O) groups excluding carboxylic acids is 2. The molecule has 0 saturated carbocycles. The summed E-state index contributed by atoms with van der Waals surface area (Å²) in [5, 5.41) is 0. The van der Waals surface area contributed by atoms with E-state index in [1.54, 1.807) is 4.90 Å². The second-order valence-electron chi connectivity index (χ2n) is 15.6.